The topological polar surface area (TPSA) is 84.2 Å². The Morgan fingerprint density at radius 3 is 2.78 bits per heavy atom. The number of furan rings is 1. The maximum atomic E-state index is 12.2. The number of carbonyl (C=O) groups is 2. The largest absolute Gasteiger partial charge is 0.459 e. The number of nitrogens with one attached hydrogen (secondary N) is 2. The lowest BCUT2D eigenvalue weighted by Crippen LogP contribution is -2.41. The third-order valence-electron chi connectivity index (χ3n) is 3.30. The monoisotopic (exact) mass is 335 g/mol. The Hall–Kier alpha value is -2.15. The number of aryl methyl sites for hydroxylation is 2. The Bertz CT molecular complexity index is 664. The molecule has 0 radical (unpaired) electrons. The summed E-state index contributed by atoms with van der Waals surface area (Å²) in [5.41, 5.74) is 1.04. The number of nitrogens with zero attached hydrogens (tertiary/aromatic N) is 1. The second kappa shape index (κ2) is 7.92. The van der Waals surface area contributed by atoms with Gasteiger partial charge in [0, 0.05) is 4.88 Å². The van der Waals surface area contributed by atoms with Gasteiger partial charge in [-0.2, -0.15) is 0 Å². The van der Waals surface area contributed by atoms with E-state index in [1.807, 2.05) is 0 Å². The van der Waals surface area contributed by atoms with Crippen LogP contribution in [0.2, 0.25) is 0 Å². The molecule has 0 fully saturated rings. The van der Waals surface area contributed by atoms with E-state index in [0.717, 1.165) is 25.0 Å². The van der Waals surface area contributed by atoms with Gasteiger partial charge in [0.1, 0.15) is 6.04 Å². The molecule has 124 valence electrons. The van der Waals surface area contributed by atoms with Crippen molar-refractivity contribution in [3.8, 4) is 0 Å². The molecule has 0 spiro atoms. The van der Waals surface area contributed by atoms with Crippen LogP contribution in [-0.4, -0.2) is 22.8 Å². The standard InChI is InChI=1S/C16H21N3O3S/c1-4-7-11-13(5-2)23-16(18-11)19-14(20)10(3)17-15(21)12-8-6-9-22-12/h6,8-10H,4-5,7H2,1-3H3,(H,17,21)(H,18,19,20). The summed E-state index contributed by atoms with van der Waals surface area (Å²) in [6.07, 6.45) is 4.23. The first-order valence-electron chi connectivity index (χ1n) is 7.68. The molecular weight excluding hydrogens is 314 g/mol. The number of amides is 2. The summed E-state index contributed by atoms with van der Waals surface area (Å²) in [4.78, 5) is 29.7. The molecule has 1 unspecified atom stereocenters. The Balaban J connectivity index is 1.96. The van der Waals surface area contributed by atoms with Crippen LogP contribution in [0, 0.1) is 0 Å². The highest BCUT2D eigenvalue weighted by Crippen LogP contribution is 2.24. The third kappa shape index (κ3) is 4.41. The minimum Gasteiger partial charge on any atom is -0.459 e. The summed E-state index contributed by atoms with van der Waals surface area (Å²) >= 11 is 1.49. The van der Waals surface area contributed by atoms with Crippen molar-refractivity contribution in [2.45, 2.75) is 46.1 Å². The molecule has 6 nitrogen and oxygen atoms in total. The molecule has 2 rings (SSSR count). The minimum absolute atomic E-state index is 0.178. The summed E-state index contributed by atoms with van der Waals surface area (Å²) in [7, 11) is 0. The number of aromatic nitrogens is 1. The van der Waals surface area contributed by atoms with E-state index >= 15 is 0 Å². The molecule has 0 saturated carbocycles. The van der Waals surface area contributed by atoms with E-state index in [9.17, 15) is 9.59 Å². The van der Waals surface area contributed by atoms with Crippen molar-refractivity contribution in [3.05, 3.63) is 34.7 Å². The van der Waals surface area contributed by atoms with E-state index in [2.05, 4.69) is 29.5 Å². The lowest BCUT2D eigenvalue weighted by molar-refractivity contribution is -0.117. The van der Waals surface area contributed by atoms with Crippen molar-refractivity contribution in [3.63, 3.8) is 0 Å². The quantitative estimate of drug-likeness (QED) is 0.814. The Morgan fingerprint density at radius 2 is 2.17 bits per heavy atom. The van der Waals surface area contributed by atoms with Crippen molar-refractivity contribution in [2.75, 3.05) is 5.32 Å². The lowest BCUT2D eigenvalue weighted by Gasteiger charge is -2.11. The zero-order chi connectivity index (χ0) is 16.8. The van der Waals surface area contributed by atoms with Crippen LogP contribution in [0.4, 0.5) is 5.13 Å². The highest BCUT2D eigenvalue weighted by atomic mass is 32.1. The average molecular weight is 335 g/mol. The van der Waals surface area contributed by atoms with Gasteiger partial charge in [0.05, 0.1) is 12.0 Å². The fourth-order valence-corrected chi connectivity index (χ4v) is 3.05. The predicted octanol–water partition coefficient (Wildman–Crippen LogP) is 3.01. The molecule has 1 atom stereocenters. The second-order valence-electron chi connectivity index (χ2n) is 5.15. The van der Waals surface area contributed by atoms with Crippen molar-refractivity contribution in [1.82, 2.24) is 10.3 Å². The smallest absolute Gasteiger partial charge is 0.287 e. The van der Waals surface area contributed by atoms with Crippen molar-refractivity contribution in [1.29, 1.82) is 0 Å². The van der Waals surface area contributed by atoms with Gasteiger partial charge in [-0.15, -0.1) is 11.3 Å². The van der Waals surface area contributed by atoms with Gasteiger partial charge in [0.15, 0.2) is 10.9 Å². The molecule has 0 bridgehead atoms. The molecule has 0 aliphatic carbocycles. The minimum atomic E-state index is -0.684. The number of hydrogen-bond acceptors (Lipinski definition) is 5. The number of hydrogen-bond donors (Lipinski definition) is 2. The molecule has 7 heteroatoms. The molecule has 2 heterocycles. The SMILES string of the molecule is CCCc1nc(NC(=O)C(C)NC(=O)c2ccco2)sc1CC. The summed E-state index contributed by atoms with van der Waals surface area (Å²) in [6, 6.07) is 2.48. The second-order valence-corrected chi connectivity index (χ2v) is 6.24. The van der Waals surface area contributed by atoms with Crippen molar-refractivity contribution < 1.29 is 14.0 Å². The lowest BCUT2D eigenvalue weighted by atomic mass is 10.2. The fourth-order valence-electron chi connectivity index (χ4n) is 2.10. The van der Waals surface area contributed by atoms with Gasteiger partial charge in [-0.05, 0) is 31.9 Å². The average Bonchev–Trinajstić information content (AvgIpc) is 3.17. The molecule has 2 amide bonds. The molecule has 0 aliphatic rings. The van der Waals surface area contributed by atoms with Gasteiger partial charge in [-0.3, -0.25) is 9.59 Å². The van der Waals surface area contributed by atoms with Crippen LogP contribution in [0.25, 0.3) is 0 Å². The van der Waals surface area contributed by atoms with E-state index in [1.165, 1.54) is 22.5 Å². The van der Waals surface area contributed by atoms with E-state index in [1.54, 1.807) is 19.1 Å². The fraction of sp³-hybridized carbons (Fsp3) is 0.438. The van der Waals surface area contributed by atoms with Crippen molar-refractivity contribution >= 4 is 28.3 Å². The first-order chi connectivity index (χ1) is 11.0. The van der Waals surface area contributed by atoms with Crippen LogP contribution in [-0.2, 0) is 17.6 Å². The van der Waals surface area contributed by atoms with Crippen LogP contribution in [0.1, 0.15) is 48.3 Å². The van der Waals surface area contributed by atoms with Gasteiger partial charge in [0.25, 0.3) is 5.91 Å². The van der Waals surface area contributed by atoms with E-state index in [0.29, 0.717) is 5.13 Å². The molecule has 0 aromatic carbocycles. The first kappa shape index (κ1) is 17.2. The molecule has 0 saturated heterocycles. The predicted molar refractivity (Wildman–Crippen MR) is 89.8 cm³/mol. The van der Waals surface area contributed by atoms with Crippen LogP contribution in [0.15, 0.2) is 22.8 Å². The normalized spacial score (nSPS) is 12.0. The van der Waals surface area contributed by atoms with E-state index < -0.39 is 11.9 Å². The number of carbonyl (C=O) groups excluding carboxylic acids is 2. The van der Waals surface area contributed by atoms with Crippen LogP contribution >= 0.6 is 11.3 Å². The van der Waals surface area contributed by atoms with Crippen LogP contribution in [0.5, 0.6) is 0 Å². The molecule has 0 aliphatic heterocycles. The van der Waals surface area contributed by atoms with Crippen molar-refractivity contribution in [2.24, 2.45) is 0 Å². The maximum Gasteiger partial charge on any atom is 0.287 e. The van der Waals surface area contributed by atoms with Crippen LogP contribution in [0.3, 0.4) is 0 Å². The number of anilines is 1. The number of thiazole rings is 1. The van der Waals surface area contributed by atoms with Gasteiger partial charge in [-0.25, -0.2) is 4.98 Å². The van der Waals surface area contributed by atoms with Gasteiger partial charge in [-0.1, -0.05) is 20.3 Å². The zero-order valence-corrected chi connectivity index (χ0v) is 14.3. The van der Waals surface area contributed by atoms with Gasteiger partial charge in [0.2, 0.25) is 5.91 Å². The Kier molecular flexibility index (Phi) is 5.92. The summed E-state index contributed by atoms with van der Waals surface area (Å²) in [6.45, 7) is 5.80. The Morgan fingerprint density at radius 1 is 1.39 bits per heavy atom. The molecule has 2 aromatic rings. The first-order valence-corrected chi connectivity index (χ1v) is 8.50. The maximum absolute atomic E-state index is 12.2. The highest BCUT2D eigenvalue weighted by molar-refractivity contribution is 7.15. The Labute approximate surface area is 139 Å². The highest BCUT2D eigenvalue weighted by Gasteiger charge is 2.20. The zero-order valence-electron chi connectivity index (χ0n) is 13.5. The molecule has 2 aromatic heterocycles. The third-order valence-corrected chi connectivity index (χ3v) is 4.46. The summed E-state index contributed by atoms with van der Waals surface area (Å²) in [5.74, 6) is -0.542. The molecule has 2 N–H and O–H groups in total. The van der Waals surface area contributed by atoms with E-state index in [4.69, 9.17) is 4.42 Å². The molecular formula is C16H21N3O3S. The van der Waals surface area contributed by atoms with Crippen LogP contribution < -0.4 is 10.6 Å². The summed E-state index contributed by atoms with van der Waals surface area (Å²) in [5, 5.41) is 5.94. The number of rotatable bonds is 7. The molecule has 23 heavy (non-hydrogen) atoms. The van der Waals surface area contributed by atoms with Gasteiger partial charge < -0.3 is 15.1 Å². The summed E-state index contributed by atoms with van der Waals surface area (Å²) < 4.78 is 5.00. The van der Waals surface area contributed by atoms with Gasteiger partial charge >= 0.3 is 0 Å². The van der Waals surface area contributed by atoms with E-state index in [-0.39, 0.29) is 11.7 Å².